The van der Waals surface area contributed by atoms with Crippen molar-refractivity contribution < 1.29 is 0 Å². The number of aliphatic imine (C=N–C) groups is 1. The number of hydrogen-bond donors (Lipinski definition) is 3. The Morgan fingerprint density at radius 2 is 1.89 bits per heavy atom. The van der Waals surface area contributed by atoms with E-state index < -0.39 is 0 Å². The summed E-state index contributed by atoms with van der Waals surface area (Å²) in [4.78, 5) is 3.61. The van der Waals surface area contributed by atoms with E-state index in [0.29, 0.717) is 5.84 Å². The van der Waals surface area contributed by atoms with Crippen LogP contribution in [0.3, 0.4) is 0 Å². The molecule has 50 valence electrons. The molecule has 0 spiro atoms. The molecule has 0 atom stereocenters. The summed E-state index contributed by atoms with van der Waals surface area (Å²) in [5.74, 6) is 0.420. The smallest absolute Gasteiger partial charge is 0.122 e. The third-order valence-electron chi connectivity index (χ3n) is 0.572. The predicted molar refractivity (Wildman–Crippen MR) is 38.3 cm³/mol. The largest absolute Gasteiger partial charge is 0.384 e. The van der Waals surface area contributed by atoms with Crippen LogP contribution in [0.15, 0.2) is 29.7 Å². The minimum Gasteiger partial charge on any atom is -0.384 e. The molecule has 6 N–H and O–H groups in total. The summed E-state index contributed by atoms with van der Waals surface area (Å²) in [6.07, 6.45) is 2.66. The Kier molecular flexibility index (Phi) is 2.97. The van der Waals surface area contributed by atoms with Crippen molar-refractivity contribution in [2.45, 2.75) is 0 Å². The van der Waals surface area contributed by atoms with Crippen molar-refractivity contribution in [3.63, 3.8) is 0 Å². The summed E-state index contributed by atoms with van der Waals surface area (Å²) < 4.78 is 0. The van der Waals surface area contributed by atoms with E-state index in [2.05, 4.69) is 11.6 Å². The van der Waals surface area contributed by atoms with Crippen LogP contribution in [-0.2, 0) is 0 Å². The van der Waals surface area contributed by atoms with Gasteiger partial charge in [0, 0.05) is 0 Å². The Morgan fingerprint density at radius 1 is 1.33 bits per heavy atom. The molecule has 4 heteroatoms. The summed E-state index contributed by atoms with van der Waals surface area (Å²) in [6, 6.07) is 0. The van der Waals surface area contributed by atoms with Crippen LogP contribution in [0, 0.1) is 0 Å². The molecule has 0 heterocycles. The van der Waals surface area contributed by atoms with E-state index in [1.807, 2.05) is 0 Å². The number of rotatable bonds is 2. The normalized spacial score (nSPS) is 10.4. The van der Waals surface area contributed by atoms with Gasteiger partial charge in [0.2, 0.25) is 0 Å². The lowest BCUT2D eigenvalue weighted by Crippen LogP contribution is -2.10. The lowest BCUT2D eigenvalue weighted by Gasteiger charge is -1.86. The quantitative estimate of drug-likeness (QED) is 0.335. The first-order valence-electron chi connectivity index (χ1n) is 2.33. The second kappa shape index (κ2) is 3.54. The Hall–Kier alpha value is -1.45. The molecule has 0 saturated heterocycles. The average Bonchev–Trinajstić information content (AvgIpc) is 1.83. The lowest BCUT2D eigenvalue weighted by molar-refractivity contribution is 1.22. The fourth-order valence-electron chi connectivity index (χ4n) is 0.202. The minimum absolute atomic E-state index is 0.125. The zero-order valence-corrected chi connectivity index (χ0v) is 5.04. The number of nitrogens with two attached hydrogens (primary N) is 3. The van der Waals surface area contributed by atoms with Crippen molar-refractivity contribution in [3.05, 3.63) is 24.7 Å². The molecule has 0 unspecified atom stereocenters. The molecule has 4 nitrogen and oxygen atoms in total. The van der Waals surface area contributed by atoms with Crippen LogP contribution in [0.4, 0.5) is 0 Å². The molecule has 0 aromatic heterocycles. The summed E-state index contributed by atoms with van der Waals surface area (Å²) in [5.41, 5.74) is 15.3. The molecule has 0 aromatic rings. The van der Waals surface area contributed by atoms with E-state index in [-0.39, 0.29) is 5.82 Å². The summed E-state index contributed by atoms with van der Waals surface area (Å²) >= 11 is 0. The fraction of sp³-hybridized carbons (Fsp3) is 0. The van der Waals surface area contributed by atoms with Gasteiger partial charge in [0.25, 0.3) is 0 Å². The van der Waals surface area contributed by atoms with E-state index in [9.17, 15) is 0 Å². The van der Waals surface area contributed by atoms with Crippen molar-refractivity contribution in [2.24, 2.45) is 22.2 Å². The van der Waals surface area contributed by atoms with Crippen LogP contribution in [-0.4, -0.2) is 5.84 Å². The maximum absolute atomic E-state index is 5.20. The second-order valence-corrected chi connectivity index (χ2v) is 1.39. The zero-order valence-electron chi connectivity index (χ0n) is 5.04. The molecular formula is C5H10N4. The standard InChI is InChI=1S/C5H10N4/c1-2-5(8)9-3-4(6)7/h2-3H,1,6-7H2,(H2,8,9). The summed E-state index contributed by atoms with van der Waals surface area (Å²) in [6.45, 7) is 3.37. The SMILES string of the molecule is C=CC(N)=NC=C(N)N. The van der Waals surface area contributed by atoms with Gasteiger partial charge in [-0.15, -0.1) is 0 Å². The molecular weight excluding hydrogens is 116 g/mol. The topological polar surface area (TPSA) is 90.4 Å². The van der Waals surface area contributed by atoms with Crippen molar-refractivity contribution in [2.75, 3.05) is 0 Å². The lowest BCUT2D eigenvalue weighted by atomic mass is 10.6. The maximum atomic E-state index is 5.20. The Bertz CT molecular complexity index is 152. The summed E-state index contributed by atoms with van der Waals surface area (Å²) in [5, 5.41) is 0. The molecule has 0 amide bonds. The number of hydrogen-bond acceptors (Lipinski definition) is 3. The van der Waals surface area contributed by atoms with E-state index in [0.717, 1.165) is 0 Å². The van der Waals surface area contributed by atoms with E-state index >= 15 is 0 Å². The van der Waals surface area contributed by atoms with Crippen molar-refractivity contribution in [3.8, 4) is 0 Å². The van der Waals surface area contributed by atoms with Gasteiger partial charge < -0.3 is 17.2 Å². The van der Waals surface area contributed by atoms with Crippen LogP contribution >= 0.6 is 0 Å². The van der Waals surface area contributed by atoms with Crippen LogP contribution in [0.25, 0.3) is 0 Å². The van der Waals surface area contributed by atoms with Gasteiger partial charge in [-0.2, -0.15) is 0 Å². The third-order valence-corrected chi connectivity index (χ3v) is 0.572. The van der Waals surface area contributed by atoms with Gasteiger partial charge in [0.05, 0.1) is 6.20 Å². The molecule has 0 bridgehead atoms. The van der Waals surface area contributed by atoms with Gasteiger partial charge >= 0.3 is 0 Å². The van der Waals surface area contributed by atoms with Crippen LogP contribution in [0.1, 0.15) is 0 Å². The minimum atomic E-state index is 0.125. The predicted octanol–water partition coefficient (Wildman–Crippen LogP) is -0.754. The highest BCUT2D eigenvalue weighted by atomic mass is 14.9. The van der Waals surface area contributed by atoms with Gasteiger partial charge in [-0.3, -0.25) is 0 Å². The van der Waals surface area contributed by atoms with Gasteiger partial charge in [-0.1, -0.05) is 6.58 Å². The van der Waals surface area contributed by atoms with E-state index in [1.54, 1.807) is 0 Å². The van der Waals surface area contributed by atoms with Gasteiger partial charge in [-0.25, -0.2) is 4.99 Å². The van der Waals surface area contributed by atoms with Crippen LogP contribution < -0.4 is 17.2 Å². The molecule has 0 aliphatic heterocycles. The highest BCUT2D eigenvalue weighted by Crippen LogP contribution is 1.75. The first-order valence-corrected chi connectivity index (χ1v) is 2.33. The van der Waals surface area contributed by atoms with Crippen molar-refractivity contribution in [1.29, 1.82) is 0 Å². The molecule has 0 saturated carbocycles. The van der Waals surface area contributed by atoms with Gasteiger partial charge in [-0.05, 0) is 6.08 Å². The highest BCUT2D eigenvalue weighted by molar-refractivity contribution is 5.91. The molecule has 0 aliphatic carbocycles. The first-order chi connectivity index (χ1) is 4.16. The molecule has 0 aromatic carbocycles. The third kappa shape index (κ3) is 4.40. The molecule has 0 aliphatic rings. The molecule has 0 fully saturated rings. The molecule has 0 radical (unpaired) electrons. The molecule has 9 heavy (non-hydrogen) atoms. The van der Waals surface area contributed by atoms with Gasteiger partial charge in [0.1, 0.15) is 11.7 Å². The monoisotopic (exact) mass is 126 g/mol. The van der Waals surface area contributed by atoms with Crippen molar-refractivity contribution >= 4 is 5.84 Å². The first kappa shape index (κ1) is 7.55. The number of amidine groups is 1. The summed E-state index contributed by atoms with van der Waals surface area (Å²) in [7, 11) is 0. The highest BCUT2D eigenvalue weighted by Gasteiger charge is 1.76. The van der Waals surface area contributed by atoms with Crippen molar-refractivity contribution in [1.82, 2.24) is 0 Å². The average molecular weight is 126 g/mol. The van der Waals surface area contributed by atoms with Crippen LogP contribution in [0.5, 0.6) is 0 Å². The Balaban J connectivity index is 3.98. The zero-order chi connectivity index (χ0) is 7.28. The van der Waals surface area contributed by atoms with Gasteiger partial charge in [0.15, 0.2) is 0 Å². The fourth-order valence-corrected chi connectivity index (χ4v) is 0.202. The Labute approximate surface area is 53.7 Å². The van der Waals surface area contributed by atoms with E-state index in [4.69, 9.17) is 17.2 Å². The maximum Gasteiger partial charge on any atom is 0.122 e. The number of nitrogens with zero attached hydrogens (tertiary/aromatic N) is 1. The van der Waals surface area contributed by atoms with Crippen LogP contribution in [0.2, 0.25) is 0 Å². The van der Waals surface area contributed by atoms with E-state index in [1.165, 1.54) is 12.3 Å². The Morgan fingerprint density at radius 3 is 2.22 bits per heavy atom. The molecule has 0 rings (SSSR count). The second-order valence-electron chi connectivity index (χ2n) is 1.39.